The molecule has 0 unspecified atom stereocenters. The van der Waals surface area contributed by atoms with E-state index in [4.69, 9.17) is 4.74 Å². The maximum atomic E-state index is 12.4. The van der Waals surface area contributed by atoms with Gasteiger partial charge in [-0.15, -0.1) is 6.58 Å². The van der Waals surface area contributed by atoms with Gasteiger partial charge in [0.15, 0.2) is 0 Å². The van der Waals surface area contributed by atoms with E-state index in [0.29, 0.717) is 17.7 Å². The summed E-state index contributed by atoms with van der Waals surface area (Å²) in [5.74, 6) is -0.795. The van der Waals surface area contributed by atoms with Crippen molar-refractivity contribution in [3.63, 3.8) is 0 Å². The van der Waals surface area contributed by atoms with Gasteiger partial charge in [0, 0.05) is 0 Å². The quantitative estimate of drug-likeness (QED) is 0.622. The molecule has 0 aliphatic carbocycles. The van der Waals surface area contributed by atoms with Crippen LogP contribution in [0.5, 0.6) is 0 Å². The highest BCUT2D eigenvalue weighted by Crippen LogP contribution is 2.23. The van der Waals surface area contributed by atoms with Crippen LogP contribution in [0, 0.1) is 0 Å². The molecular weight excluding hydrogens is 318 g/mol. The van der Waals surface area contributed by atoms with Crippen LogP contribution in [0.25, 0.3) is 0 Å². The molecule has 0 bridgehead atoms. The number of amides is 2. The Hall–Kier alpha value is -2.76. The number of ether oxygens (including phenoxy) is 1. The highest BCUT2D eigenvalue weighted by atomic mass is 16.5. The number of benzene rings is 2. The lowest BCUT2D eigenvalue weighted by atomic mass is 10.1. The Morgan fingerprint density at radius 3 is 2.12 bits per heavy atom. The normalized spacial score (nSPS) is 15.8. The molecule has 5 heteroatoms. The molecule has 0 saturated carbocycles. The Kier molecular flexibility index (Phi) is 5.07. The van der Waals surface area contributed by atoms with Crippen molar-refractivity contribution >= 4 is 11.8 Å². The number of imide groups is 1. The topological polar surface area (TPSA) is 66.8 Å². The van der Waals surface area contributed by atoms with Crippen molar-refractivity contribution in [2.75, 3.05) is 6.54 Å². The highest BCUT2D eigenvalue weighted by Gasteiger charge is 2.37. The molecule has 1 aliphatic heterocycles. The average Bonchev–Trinajstić information content (AvgIpc) is 2.88. The first-order chi connectivity index (χ1) is 12.1. The molecule has 5 nitrogen and oxygen atoms in total. The second kappa shape index (κ2) is 7.42. The van der Waals surface area contributed by atoms with Crippen molar-refractivity contribution in [1.82, 2.24) is 4.90 Å². The summed E-state index contributed by atoms with van der Waals surface area (Å²) in [7, 11) is 0. The number of rotatable bonds is 7. The number of carbonyl (C=O) groups excluding carboxylic acids is 2. The van der Waals surface area contributed by atoms with Gasteiger partial charge in [-0.05, 0) is 17.7 Å². The molecule has 128 valence electrons. The third kappa shape index (κ3) is 3.52. The summed E-state index contributed by atoms with van der Waals surface area (Å²) in [5, 5.41) is 10.4. The Balaban J connectivity index is 1.64. The Morgan fingerprint density at radius 1 is 1.00 bits per heavy atom. The molecule has 1 aliphatic rings. The van der Waals surface area contributed by atoms with Gasteiger partial charge in [0.05, 0.1) is 24.3 Å². The maximum absolute atomic E-state index is 12.4. The van der Waals surface area contributed by atoms with Crippen LogP contribution in [0.1, 0.15) is 26.3 Å². The van der Waals surface area contributed by atoms with E-state index in [1.165, 1.54) is 6.08 Å². The second-order valence-electron chi connectivity index (χ2n) is 5.83. The highest BCUT2D eigenvalue weighted by molar-refractivity contribution is 6.21. The van der Waals surface area contributed by atoms with Crippen molar-refractivity contribution in [2.24, 2.45) is 0 Å². The van der Waals surface area contributed by atoms with E-state index >= 15 is 0 Å². The fourth-order valence-electron chi connectivity index (χ4n) is 2.80. The molecule has 1 heterocycles. The number of fused-ring (bicyclic) bond motifs is 1. The largest absolute Gasteiger partial charge is 0.388 e. The summed E-state index contributed by atoms with van der Waals surface area (Å²) >= 11 is 0. The molecule has 0 aromatic heterocycles. The molecular formula is C20H19NO4. The monoisotopic (exact) mass is 337 g/mol. The zero-order chi connectivity index (χ0) is 17.8. The summed E-state index contributed by atoms with van der Waals surface area (Å²) in [6.45, 7) is 3.83. The van der Waals surface area contributed by atoms with E-state index in [9.17, 15) is 14.7 Å². The van der Waals surface area contributed by atoms with Crippen LogP contribution in [0.4, 0.5) is 0 Å². The molecule has 1 N–H and O–H groups in total. The predicted molar refractivity (Wildman–Crippen MR) is 93.0 cm³/mol. The zero-order valence-electron chi connectivity index (χ0n) is 13.7. The first-order valence-electron chi connectivity index (χ1n) is 8.03. The van der Waals surface area contributed by atoms with Crippen LogP contribution in [0.15, 0.2) is 67.3 Å². The van der Waals surface area contributed by atoms with Gasteiger partial charge in [-0.2, -0.15) is 0 Å². The molecule has 2 aromatic rings. The van der Waals surface area contributed by atoms with Crippen molar-refractivity contribution in [1.29, 1.82) is 0 Å². The summed E-state index contributed by atoms with van der Waals surface area (Å²) in [6.07, 6.45) is -0.265. The number of nitrogens with zero attached hydrogens (tertiary/aromatic N) is 1. The first kappa shape index (κ1) is 17.1. The molecule has 0 radical (unpaired) electrons. The minimum absolute atomic E-state index is 0.141. The van der Waals surface area contributed by atoms with E-state index in [1.54, 1.807) is 24.3 Å². The van der Waals surface area contributed by atoms with Gasteiger partial charge in [0.1, 0.15) is 12.2 Å². The van der Waals surface area contributed by atoms with Gasteiger partial charge in [-0.1, -0.05) is 48.5 Å². The Morgan fingerprint density at radius 2 is 1.56 bits per heavy atom. The molecule has 3 rings (SSSR count). The summed E-state index contributed by atoms with van der Waals surface area (Å²) in [6, 6.07) is 16.2. The van der Waals surface area contributed by atoms with E-state index in [1.807, 2.05) is 30.3 Å². The smallest absolute Gasteiger partial charge is 0.261 e. The Bertz CT molecular complexity index is 752. The minimum atomic E-state index is -1.05. The molecule has 0 spiro atoms. The number of aliphatic hydroxyl groups excluding tert-OH is 1. The molecule has 2 amide bonds. The minimum Gasteiger partial charge on any atom is -0.388 e. The van der Waals surface area contributed by atoms with Gasteiger partial charge in [0.2, 0.25) is 0 Å². The third-order valence-corrected chi connectivity index (χ3v) is 4.14. The lowest BCUT2D eigenvalue weighted by Crippen LogP contribution is -2.42. The SMILES string of the molecule is C=C[C@@H](OCc1ccccc1)[C@H](O)CN1C(=O)c2ccccc2C1=O. The van der Waals surface area contributed by atoms with Crippen molar-refractivity contribution < 1.29 is 19.4 Å². The number of carbonyl (C=O) groups is 2. The van der Waals surface area contributed by atoms with Gasteiger partial charge >= 0.3 is 0 Å². The van der Waals surface area contributed by atoms with Crippen LogP contribution in [0.3, 0.4) is 0 Å². The van der Waals surface area contributed by atoms with Gasteiger partial charge in [-0.3, -0.25) is 14.5 Å². The summed E-state index contributed by atoms with van der Waals surface area (Å²) < 4.78 is 5.68. The lowest BCUT2D eigenvalue weighted by Gasteiger charge is -2.24. The fourth-order valence-corrected chi connectivity index (χ4v) is 2.80. The van der Waals surface area contributed by atoms with Crippen LogP contribution >= 0.6 is 0 Å². The van der Waals surface area contributed by atoms with E-state index < -0.39 is 24.0 Å². The van der Waals surface area contributed by atoms with E-state index in [-0.39, 0.29) is 6.54 Å². The molecule has 2 atom stereocenters. The van der Waals surface area contributed by atoms with Crippen LogP contribution in [-0.4, -0.2) is 40.6 Å². The fraction of sp³-hybridized carbons (Fsp3) is 0.200. The standard InChI is InChI=1S/C20H19NO4/c1-2-18(25-13-14-8-4-3-5-9-14)17(22)12-21-19(23)15-10-6-7-11-16(15)20(21)24/h2-11,17-18,22H,1,12-13H2/t17-,18-/m1/s1. The van der Waals surface area contributed by atoms with Crippen molar-refractivity contribution in [3.8, 4) is 0 Å². The number of β-amino-alcohol motifs (C(OH)–C–C–N with tert-alkyl or cyclic N) is 1. The summed E-state index contributed by atoms with van der Waals surface area (Å²) in [4.78, 5) is 25.8. The second-order valence-corrected chi connectivity index (χ2v) is 5.83. The number of hydrogen-bond donors (Lipinski definition) is 1. The number of aliphatic hydroxyl groups is 1. The van der Waals surface area contributed by atoms with Crippen molar-refractivity contribution in [3.05, 3.63) is 83.9 Å². The first-order valence-corrected chi connectivity index (χ1v) is 8.03. The predicted octanol–water partition coefficient (Wildman–Crippen LogP) is 2.41. The van der Waals surface area contributed by atoms with Crippen LogP contribution in [0.2, 0.25) is 0 Å². The summed E-state index contributed by atoms with van der Waals surface area (Å²) in [5.41, 5.74) is 1.68. The number of hydrogen-bond acceptors (Lipinski definition) is 4. The maximum Gasteiger partial charge on any atom is 0.261 e. The van der Waals surface area contributed by atoms with Crippen LogP contribution in [-0.2, 0) is 11.3 Å². The molecule has 0 fully saturated rings. The molecule has 25 heavy (non-hydrogen) atoms. The molecule has 0 saturated heterocycles. The van der Waals surface area contributed by atoms with Crippen LogP contribution < -0.4 is 0 Å². The van der Waals surface area contributed by atoms with Crippen molar-refractivity contribution in [2.45, 2.75) is 18.8 Å². The zero-order valence-corrected chi connectivity index (χ0v) is 13.7. The average molecular weight is 337 g/mol. The van der Waals surface area contributed by atoms with Gasteiger partial charge < -0.3 is 9.84 Å². The molecule has 2 aromatic carbocycles. The van der Waals surface area contributed by atoms with Gasteiger partial charge in [0.25, 0.3) is 11.8 Å². The van der Waals surface area contributed by atoms with E-state index in [0.717, 1.165) is 10.5 Å². The van der Waals surface area contributed by atoms with Gasteiger partial charge in [-0.25, -0.2) is 0 Å². The third-order valence-electron chi connectivity index (χ3n) is 4.14. The lowest BCUT2D eigenvalue weighted by molar-refractivity contribution is -0.0269. The van der Waals surface area contributed by atoms with E-state index in [2.05, 4.69) is 6.58 Å². The Labute approximate surface area is 146 Å².